The second-order valence-electron chi connectivity index (χ2n) is 2.48. The summed E-state index contributed by atoms with van der Waals surface area (Å²) >= 11 is 3.20. The zero-order valence-electron chi connectivity index (χ0n) is 8.50. The van der Waals surface area contributed by atoms with Gasteiger partial charge in [0, 0.05) is 5.56 Å². The minimum atomic E-state index is -0.291. The molecule has 1 aromatic heterocycles. The van der Waals surface area contributed by atoms with E-state index in [0.29, 0.717) is 15.9 Å². The molecule has 0 saturated heterocycles. The van der Waals surface area contributed by atoms with Crippen LogP contribution in [0, 0.1) is 5.82 Å². The molecular weight excluding hydrogens is 261 g/mol. The normalized spacial score (nSPS) is 9.33. The van der Waals surface area contributed by atoms with Crippen molar-refractivity contribution in [1.29, 1.82) is 0 Å². The maximum absolute atomic E-state index is 12.8. The first-order valence-corrected chi connectivity index (χ1v) is 5.41. The number of oxazole rings is 1. The molecule has 0 aliphatic heterocycles. The molecule has 0 spiro atoms. The topological polar surface area (TPSA) is 26.0 Å². The second kappa shape index (κ2) is 5.66. The largest absolute Gasteiger partial charge is 0.442 e. The third-order valence-corrected chi connectivity index (χ3v) is 2.18. The molecule has 0 saturated carbocycles. The van der Waals surface area contributed by atoms with Gasteiger partial charge < -0.3 is 4.42 Å². The van der Waals surface area contributed by atoms with E-state index in [-0.39, 0.29) is 5.82 Å². The lowest BCUT2D eigenvalue weighted by Gasteiger charge is -1.95. The van der Waals surface area contributed by atoms with Crippen molar-refractivity contribution in [3.05, 3.63) is 41.1 Å². The summed E-state index contributed by atoms with van der Waals surface area (Å²) < 4.78 is 18.5. The lowest BCUT2D eigenvalue weighted by atomic mass is 10.2. The van der Waals surface area contributed by atoms with Crippen LogP contribution in [-0.2, 0) is 0 Å². The van der Waals surface area contributed by atoms with E-state index >= 15 is 0 Å². The Balaban J connectivity index is 0.000000531. The fourth-order valence-electron chi connectivity index (χ4n) is 1.05. The number of rotatable bonds is 1. The summed E-state index contributed by atoms with van der Waals surface area (Å²) in [4.78, 5) is 3.85. The zero-order valence-corrected chi connectivity index (χ0v) is 10.1. The first-order chi connectivity index (χ1) is 7.27. The molecule has 2 rings (SSSR count). The molecule has 0 fully saturated rings. The van der Waals surface area contributed by atoms with Crippen LogP contribution in [-0.4, -0.2) is 4.98 Å². The maximum Gasteiger partial charge on any atom is 0.182 e. The highest BCUT2D eigenvalue weighted by Crippen LogP contribution is 2.26. The molecule has 1 aromatic carbocycles. The number of hydrogen-bond acceptors (Lipinski definition) is 2. The molecule has 0 amide bonds. The lowest BCUT2D eigenvalue weighted by molar-refractivity contribution is 0.570. The summed E-state index contributed by atoms with van der Waals surface area (Å²) in [6.07, 6.45) is 1.31. The monoisotopic (exact) mass is 271 g/mol. The van der Waals surface area contributed by atoms with Crippen LogP contribution in [0.2, 0.25) is 0 Å². The Hall–Kier alpha value is -1.16. The molecule has 2 nitrogen and oxygen atoms in total. The van der Waals surface area contributed by atoms with Gasteiger partial charge in [-0.05, 0) is 28.1 Å². The number of benzene rings is 1. The fourth-order valence-corrected chi connectivity index (χ4v) is 1.46. The lowest BCUT2D eigenvalue weighted by Crippen LogP contribution is -1.77. The molecule has 0 bridgehead atoms. The summed E-state index contributed by atoms with van der Waals surface area (Å²) in [5.74, 6) is 0.250. The average Bonchev–Trinajstić information content (AvgIpc) is 2.67. The summed E-state index contributed by atoms with van der Waals surface area (Å²) in [6.45, 7) is 4.00. The van der Waals surface area contributed by atoms with Gasteiger partial charge in [0.1, 0.15) is 5.82 Å². The highest BCUT2D eigenvalue weighted by molar-refractivity contribution is 9.10. The molecule has 0 unspecified atom stereocenters. The second-order valence-corrected chi connectivity index (χ2v) is 3.23. The van der Waals surface area contributed by atoms with Gasteiger partial charge in [-0.1, -0.05) is 26.0 Å². The van der Waals surface area contributed by atoms with E-state index in [1.165, 1.54) is 18.5 Å². The van der Waals surface area contributed by atoms with Gasteiger partial charge in [0.2, 0.25) is 0 Å². The summed E-state index contributed by atoms with van der Waals surface area (Å²) in [6, 6.07) is 6.16. The molecule has 0 aliphatic rings. The summed E-state index contributed by atoms with van der Waals surface area (Å²) in [5, 5.41) is 0. The quantitative estimate of drug-likeness (QED) is 0.774. The van der Waals surface area contributed by atoms with Gasteiger partial charge in [-0.2, -0.15) is 0 Å². The maximum atomic E-state index is 12.8. The van der Waals surface area contributed by atoms with Crippen molar-refractivity contribution in [2.24, 2.45) is 0 Å². The zero-order chi connectivity index (χ0) is 11.3. The molecule has 4 heteroatoms. The minimum absolute atomic E-state index is 0.291. The van der Waals surface area contributed by atoms with Crippen LogP contribution in [0.1, 0.15) is 13.8 Å². The van der Waals surface area contributed by atoms with Crippen molar-refractivity contribution in [3.63, 3.8) is 0 Å². The third-order valence-electron chi connectivity index (χ3n) is 1.61. The SMILES string of the molecule is CC.Fc1cccc(-c2ocnc2Br)c1. The van der Waals surface area contributed by atoms with Crippen LogP contribution in [0.25, 0.3) is 11.3 Å². The van der Waals surface area contributed by atoms with E-state index in [1.54, 1.807) is 12.1 Å². The summed E-state index contributed by atoms with van der Waals surface area (Å²) in [5.41, 5.74) is 0.671. The van der Waals surface area contributed by atoms with E-state index < -0.39 is 0 Å². The Morgan fingerprint density at radius 3 is 2.60 bits per heavy atom. The van der Waals surface area contributed by atoms with E-state index in [0.717, 1.165) is 0 Å². The molecule has 15 heavy (non-hydrogen) atoms. The number of hydrogen-bond donors (Lipinski definition) is 0. The van der Waals surface area contributed by atoms with E-state index in [4.69, 9.17) is 4.42 Å². The van der Waals surface area contributed by atoms with Crippen LogP contribution in [0.3, 0.4) is 0 Å². The molecule has 0 aliphatic carbocycles. The van der Waals surface area contributed by atoms with Gasteiger partial charge in [0.25, 0.3) is 0 Å². The predicted octanol–water partition coefficient (Wildman–Crippen LogP) is 4.27. The molecule has 0 atom stereocenters. The van der Waals surface area contributed by atoms with Gasteiger partial charge in [-0.25, -0.2) is 9.37 Å². The van der Waals surface area contributed by atoms with E-state index in [1.807, 2.05) is 13.8 Å². The molecule has 80 valence electrons. The average molecular weight is 272 g/mol. The number of halogens is 2. The van der Waals surface area contributed by atoms with Crippen LogP contribution in [0.15, 0.2) is 39.7 Å². The van der Waals surface area contributed by atoms with Crippen molar-refractivity contribution >= 4 is 15.9 Å². The first-order valence-electron chi connectivity index (χ1n) is 4.62. The Bertz CT molecular complexity index is 428. The Labute approximate surface area is 96.3 Å². The van der Waals surface area contributed by atoms with Crippen molar-refractivity contribution in [1.82, 2.24) is 4.98 Å². The van der Waals surface area contributed by atoms with Gasteiger partial charge in [-0.15, -0.1) is 0 Å². The number of aromatic nitrogens is 1. The van der Waals surface area contributed by atoms with Crippen molar-refractivity contribution in [3.8, 4) is 11.3 Å². The Kier molecular flexibility index (Phi) is 4.49. The molecule has 1 heterocycles. The Morgan fingerprint density at radius 2 is 2.07 bits per heavy atom. The van der Waals surface area contributed by atoms with Crippen LogP contribution < -0.4 is 0 Å². The van der Waals surface area contributed by atoms with E-state index in [2.05, 4.69) is 20.9 Å². The fraction of sp³-hybridized carbons (Fsp3) is 0.182. The molecule has 0 N–H and O–H groups in total. The standard InChI is InChI=1S/C9H5BrFNO.C2H6/c10-9-8(13-5-12-9)6-2-1-3-7(11)4-6;1-2/h1-5H;1-2H3. The third kappa shape index (κ3) is 2.89. The molecular formula is C11H11BrFNO. The van der Waals surface area contributed by atoms with Crippen LogP contribution in [0.5, 0.6) is 0 Å². The van der Waals surface area contributed by atoms with Crippen LogP contribution in [0.4, 0.5) is 4.39 Å². The van der Waals surface area contributed by atoms with Crippen molar-refractivity contribution in [2.45, 2.75) is 13.8 Å². The van der Waals surface area contributed by atoms with Gasteiger partial charge in [0.15, 0.2) is 16.8 Å². The first kappa shape index (κ1) is 11.9. The molecule has 2 aromatic rings. The van der Waals surface area contributed by atoms with Crippen molar-refractivity contribution < 1.29 is 8.81 Å². The summed E-state index contributed by atoms with van der Waals surface area (Å²) in [7, 11) is 0. The van der Waals surface area contributed by atoms with Crippen LogP contribution >= 0.6 is 15.9 Å². The van der Waals surface area contributed by atoms with Gasteiger partial charge in [0.05, 0.1) is 0 Å². The Morgan fingerprint density at radius 1 is 1.33 bits per heavy atom. The van der Waals surface area contributed by atoms with E-state index in [9.17, 15) is 4.39 Å². The minimum Gasteiger partial charge on any atom is -0.442 e. The molecule has 0 radical (unpaired) electrons. The number of nitrogens with zero attached hydrogens (tertiary/aromatic N) is 1. The van der Waals surface area contributed by atoms with Gasteiger partial charge in [-0.3, -0.25) is 0 Å². The highest BCUT2D eigenvalue weighted by Gasteiger charge is 2.07. The highest BCUT2D eigenvalue weighted by atomic mass is 79.9. The smallest absolute Gasteiger partial charge is 0.182 e. The van der Waals surface area contributed by atoms with Gasteiger partial charge >= 0.3 is 0 Å². The van der Waals surface area contributed by atoms with Crippen molar-refractivity contribution in [2.75, 3.05) is 0 Å². The predicted molar refractivity (Wildman–Crippen MR) is 60.9 cm³/mol.